The summed E-state index contributed by atoms with van der Waals surface area (Å²) in [6, 6.07) is 18.6. The molecule has 1 N–H and O–H groups in total. The highest BCUT2D eigenvalue weighted by Crippen LogP contribution is 2.35. The predicted molar refractivity (Wildman–Crippen MR) is 137 cm³/mol. The summed E-state index contributed by atoms with van der Waals surface area (Å²) in [7, 11) is 3.04. The molecule has 3 aromatic carbocycles. The van der Waals surface area contributed by atoms with Crippen molar-refractivity contribution in [1.82, 2.24) is 5.32 Å². The first-order chi connectivity index (χ1) is 17.3. The number of ether oxygens (including phenoxy) is 3. The lowest BCUT2D eigenvalue weighted by molar-refractivity contribution is -0.384. The average Bonchev–Trinajstić information content (AvgIpc) is 2.90. The van der Waals surface area contributed by atoms with E-state index in [1.807, 2.05) is 18.2 Å². The zero-order chi connectivity index (χ0) is 26.1. The van der Waals surface area contributed by atoms with Gasteiger partial charge in [-0.05, 0) is 47.0 Å². The Morgan fingerprint density at radius 2 is 1.83 bits per heavy atom. The van der Waals surface area contributed by atoms with E-state index < -0.39 is 10.8 Å². The van der Waals surface area contributed by atoms with Gasteiger partial charge >= 0.3 is 0 Å². The zero-order valence-corrected chi connectivity index (χ0v) is 21.1. The highest BCUT2D eigenvalue weighted by molar-refractivity contribution is 9.10. The summed E-state index contributed by atoms with van der Waals surface area (Å²) in [6.45, 7) is 0.327. The second kappa shape index (κ2) is 12.4. The number of carbonyl (C=O) groups excluding carboxylic acids is 1. The van der Waals surface area contributed by atoms with Crippen LogP contribution in [0.5, 0.6) is 17.2 Å². The normalized spacial score (nSPS) is 10.8. The number of benzene rings is 3. The third-order valence-electron chi connectivity index (χ3n) is 5.08. The van der Waals surface area contributed by atoms with Crippen LogP contribution in [0.25, 0.3) is 6.08 Å². The van der Waals surface area contributed by atoms with E-state index >= 15 is 0 Å². The SMILES string of the molecule is COc1ccc(CNC(=O)/C(C#N)=C\c2cc(OC)c(OCc3cccc([N+](=O)[O-])c3)cc2Br)cc1. The smallest absolute Gasteiger partial charge is 0.269 e. The first-order valence-electron chi connectivity index (χ1n) is 10.6. The molecule has 0 radical (unpaired) electrons. The predicted octanol–water partition coefficient (Wildman–Crippen LogP) is 5.18. The molecule has 0 heterocycles. The van der Waals surface area contributed by atoms with Gasteiger partial charge in [0.25, 0.3) is 11.6 Å². The maximum atomic E-state index is 12.6. The first-order valence-corrected chi connectivity index (χ1v) is 11.4. The van der Waals surface area contributed by atoms with E-state index in [0.29, 0.717) is 32.8 Å². The molecule has 0 unspecified atom stereocenters. The highest BCUT2D eigenvalue weighted by Gasteiger charge is 2.14. The van der Waals surface area contributed by atoms with Crippen LogP contribution in [0, 0.1) is 21.4 Å². The van der Waals surface area contributed by atoms with Gasteiger partial charge in [0.05, 0.1) is 19.1 Å². The quantitative estimate of drug-likeness (QED) is 0.159. The number of carbonyl (C=O) groups is 1. The molecule has 0 saturated carbocycles. The number of nitro groups is 1. The summed E-state index contributed by atoms with van der Waals surface area (Å²) >= 11 is 3.44. The Morgan fingerprint density at radius 3 is 2.47 bits per heavy atom. The van der Waals surface area contributed by atoms with E-state index in [2.05, 4.69) is 21.2 Å². The second-order valence-corrected chi connectivity index (χ2v) is 8.30. The van der Waals surface area contributed by atoms with Crippen LogP contribution in [0.2, 0.25) is 0 Å². The molecule has 3 aromatic rings. The lowest BCUT2D eigenvalue weighted by atomic mass is 10.1. The van der Waals surface area contributed by atoms with Gasteiger partial charge in [-0.25, -0.2) is 0 Å². The zero-order valence-electron chi connectivity index (χ0n) is 19.5. The lowest BCUT2D eigenvalue weighted by Gasteiger charge is -2.13. The molecule has 10 heteroatoms. The average molecular weight is 552 g/mol. The number of non-ortho nitro benzene ring substituents is 1. The van der Waals surface area contributed by atoms with Crippen molar-refractivity contribution in [3.63, 3.8) is 0 Å². The maximum absolute atomic E-state index is 12.6. The van der Waals surface area contributed by atoms with E-state index in [9.17, 15) is 20.2 Å². The molecule has 184 valence electrons. The molecule has 0 aliphatic heterocycles. The van der Waals surface area contributed by atoms with Gasteiger partial charge in [-0.15, -0.1) is 0 Å². The fraction of sp³-hybridized carbons (Fsp3) is 0.154. The topological polar surface area (TPSA) is 124 Å². The summed E-state index contributed by atoms with van der Waals surface area (Å²) in [6.07, 6.45) is 1.44. The number of nitriles is 1. The number of nitrogens with zero attached hydrogens (tertiary/aromatic N) is 2. The van der Waals surface area contributed by atoms with E-state index in [-0.39, 0.29) is 24.4 Å². The number of rotatable bonds is 10. The van der Waals surface area contributed by atoms with Crippen LogP contribution in [0.3, 0.4) is 0 Å². The molecule has 3 rings (SSSR count). The minimum absolute atomic E-state index is 0.0287. The molecule has 36 heavy (non-hydrogen) atoms. The van der Waals surface area contributed by atoms with Crippen molar-refractivity contribution in [2.24, 2.45) is 0 Å². The van der Waals surface area contributed by atoms with Gasteiger partial charge in [0, 0.05) is 23.2 Å². The van der Waals surface area contributed by atoms with Crippen molar-refractivity contribution < 1.29 is 23.9 Å². The Morgan fingerprint density at radius 1 is 1.08 bits per heavy atom. The molecular weight excluding hydrogens is 530 g/mol. The Bertz CT molecular complexity index is 1330. The van der Waals surface area contributed by atoms with Gasteiger partial charge in [0.1, 0.15) is 24.0 Å². The molecular formula is C26H22BrN3O6. The number of hydrogen-bond donors (Lipinski definition) is 1. The van der Waals surface area contributed by atoms with Crippen LogP contribution < -0.4 is 19.5 Å². The molecule has 0 saturated heterocycles. The Hall–Kier alpha value is -4.36. The van der Waals surface area contributed by atoms with Crippen LogP contribution in [-0.4, -0.2) is 25.1 Å². The fourth-order valence-electron chi connectivity index (χ4n) is 3.18. The van der Waals surface area contributed by atoms with Gasteiger partial charge in [-0.2, -0.15) is 5.26 Å². The monoisotopic (exact) mass is 551 g/mol. The second-order valence-electron chi connectivity index (χ2n) is 7.44. The van der Waals surface area contributed by atoms with Crippen LogP contribution in [0.1, 0.15) is 16.7 Å². The summed E-state index contributed by atoms with van der Waals surface area (Å²) in [5.41, 5.74) is 1.89. The number of hydrogen-bond acceptors (Lipinski definition) is 7. The van der Waals surface area contributed by atoms with Crippen molar-refractivity contribution in [3.8, 4) is 23.3 Å². The van der Waals surface area contributed by atoms with Crippen molar-refractivity contribution in [3.05, 3.63) is 97.5 Å². The van der Waals surface area contributed by atoms with Gasteiger partial charge in [0.15, 0.2) is 11.5 Å². The molecule has 0 fully saturated rings. The fourth-order valence-corrected chi connectivity index (χ4v) is 3.62. The van der Waals surface area contributed by atoms with E-state index in [1.54, 1.807) is 43.5 Å². The number of amides is 1. The molecule has 0 aliphatic rings. The van der Waals surface area contributed by atoms with Crippen LogP contribution >= 0.6 is 15.9 Å². The number of methoxy groups -OCH3 is 2. The molecule has 0 spiro atoms. The van der Waals surface area contributed by atoms with Crippen LogP contribution in [-0.2, 0) is 17.9 Å². The number of halogens is 1. The van der Waals surface area contributed by atoms with Gasteiger partial charge in [-0.3, -0.25) is 14.9 Å². The molecule has 0 aliphatic carbocycles. The highest BCUT2D eigenvalue weighted by atomic mass is 79.9. The van der Waals surface area contributed by atoms with E-state index in [0.717, 1.165) is 5.56 Å². The maximum Gasteiger partial charge on any atom is 0.269 e. The lowest BCUT2D eigenvalue weighted by Crippen LogP contribution is -2.23. The Balaban J connectivity index is 1.74. The third kappa shape index (κ3) is 6.84. The standard InChI is InChI=1S/C26H22BrN3O6/c1-34-22-8-6-17(7-9-22)15-29-26(31)20(14-28)11-19-12-24(35-2)25(13-23(19)27)36-16-18-4-3-5-21(10-18)30(32)33/h3-13H,15-16H2,1-2H3,(H,29,31)/b20-11-. The summed E-state index contributed by atoms with van der Waals surface area (Å²) in [5.74, 6) is 0.936. The van der Waals surface area contributed by atoms with E-state index in [4.69, 9.17) is 14.2 Å². The van der Waals surface area contributed by atoms with Gasteiger partial charge in [0.2, 0.25) is 0 Å². The molecule has 9 nitrogen and oxygen atoms in total. The van der Waals surface area contributed by atoms with Crippen LogP contribution in [0.4, 0.5) is 5.69 Å². The third-order valence-corrected chi connectivity index (χ3v) is 5.76. The minimum Gasteiger partial charge on any atom is -0.497 e. The van der Waals surface area contributed by atoms with Gasteiger partial charge < -0.3 is 19.5 Å². The van der Waals surface area contributed by atoms with Crippen LogP contribution in [0.15, 0.2) is 70.7 Å². The van der Waals surface area contributed by atoms with Crippen molar-refractivity contribution in [1.29, 1.82) is 5.26 Å². The number of nitrogens with one attached hydrogen (secondary N) is 1. The summed E-state index contributed by atoms with van der Waals surface area (Å²) in [4.78, 5) is 23.1. The summed E-state index contributed by atoms with van der Waals surface area (Å²) < 4.78 is 16.9. The summed E-state index contributed by atoms with van der Waals surface area (Å²) in [5, 5.41) is 23.3. The largest absolute Gasteiger partial charge is 0.497 e. The first kappa shape index (κ1) is 26.2. The Labute approximate surface area is 216 Å². The molecule has 0 atom stereocenters. The van der Waals surface area contributed by atoms with Crippen molar-refractivity contribution in [2.75, 3.05) is 14.2 Å². The van der Waals surface area contributed by atoms with E-state index in [1.165, 1.54) is 25.3 Å². The number of nitro benzene ring substituents is 1. The van der Waals surface area contributed by atoms with Gasteiger partial charge in [-0.1, -0.05) is 40.2 Å². The van der Waals surface area contributed by atoms with Crippen molar-refractivity contribution >= 4 is 33.6 Å². The Kier molecular flexibility index (Phi) is 9.02. The minimum atomic E-state index is -0.523. The van der Waals surface area contributed by atoms with Crippen molar-refractivity contribution in [2.45, 2.75) is 13.2 Å². The molecule has 1 amide bonds. The molecule has 0 bridgehead atoms. The molecule has 0 aromatic heterocycles.